The number of carbonyl (C=O) groups excluding carboxylic acids is 4. The molecule has 0 aliphatic carbocycles. The van der Waals surface area contributed by atoms with E-state index in [1.165, 1.54) is 11.3 Å². The average Bonchev–Trinajstić information content (AvgIpc) is 4.05. The molecule has 2 amide bonds. The van der Waals surface area contributed by atoms with Gasteiger partial charge in [-0.3, -0.25) is 22.8 Å². The van der Waals surface area contributed by atoms with Crippen molar-refractivity contribution in [3.63, 3.8) is 0 Å². The van der Waals surface area contributed by atoms with Gasteiger partial charge in [0.2, 0.25) is 23.7 Å². The molecule has 0 aromatic carbocycles. The Morgan fingerprint density at radius 1 is 0.692 bits per heavy atom. The third-order valence-electron chi connectivity index (χ3n) is 12.9. The summed E-state index contributed by atoms with van der Waals surface area (Å²) in [7, 11) is -2.21. The number of fused-ring (bicyclic) bond motifs is 2. The number of nitrogens with one attached hydrogen (secondary N) is 2. The van der Waals surface area contributed by atoms with Crippen LogP contribution in [0.3, 0.4) is 0 Å². The highest BCUT2D eigenvalue weighted by molar-refractivity contribution is 7.85. The van der Waals surface area contributed by atoms with Gasteiger partial charge < -0.3 is 44.4 Å². The number of aryl methyl sites for hydroxylation is 2. The lowest BCUT2D eigenvalue weighted by molar-refractivity contribution is -0.158. The normalized spacial score (nSPS) is 22.8. The summed E-state index contributed by atoms with van der Waals surface area (Å²) in [5.41, 5.74) is 3.58. The summed E-state index contributed by atoms with van der Waals surface area (Å²) < 4.78 is 41.7. The molecule has 350 valence electrons. The molecule has 20 nitrogen and oxygen atoms in total. The second-order valence-electron chi connectivity index (χ2n) is 17.4. The molecule has 3 aromatic heterocycles. The van der Waals surface area contributed by atoms with Crippen molar-refractivity contribution in [3.8, 4) is 0 Å². The van der Waals surface area contributed by atoms with Crippen molar-refractivity contribution >= 4 is 80.2 Å². The lowest BCUT2D eigenvalue weighted by atomic mass is 10.0. The van der Waals surface area contributed by atoms with Gasteiger partial charge in [0.05, 0.1) is 70.6 Å². The highest BCUT2D eigenvalue weighted by Crippen LogP contribution is 2.35. The monoisotopic (exact) mass is 953 g/mol. The van der Waals surface area contributed by atoms with E-state index in [2.05, 4.69) is 20.6 Å². The van der Waals surface area contributed by atoms with Crippen molar-refractivity contribution in [3.05, 3.63) is 28.0 Å². The number of piperidine rings is 2. The molecule has 0 spiro atoms. The minimum atomic E-state index is -1.11. The molecule has 2 atom stereocenters. The van der Waals surface area contributed by atoms with Gasteiger partial charge in [0, 0.05) is 95.1 Å². The van der Waals surface area contributed by atoms with Gasteiger partial charge in [-0.25, -0.2) is 19.7 Å². The minimum absolute atomic E-state index is 0.0655. The Labute approximate surface area is 385 Å². The second-order valence-corrected chi connectivity index (χ2v) is 21.1. The molecule has 10 rings (SSSR count). The van der Waals surface area contributed by atoms with Crippen LogP contribution in [0.4, 0.5) is 23.5 Å². The maximum absolute atomic E-state index is 12.6. The van der Waals surface area contributed by atoms with Crippen LogP contribution in [0, 0.1) is 5.92 Å². The molecule has 2 unspecified atom stereocenters. The number of rotatable bonds is 10. The number of likely N-dealkylation sites (tertiary alicyclic amines) is 2. The largest absolute Gasteiger partial charge is 0.458 e. The van der Waals surface area contributed by atoms with E-state index >= 15 is 0 Å². The molecule has 5 fully saturated rings. The Bertz CT molecular complexity index is 2310. The molecular formula is C42H55N11O9S3. The Balaban J connectivity index is 0.000000164. The van der Waals surface area contributed by atoms with Crippen molar-refractivity contribution in [2.45, 2.75) is 99.3 Å². The first-order valence-electron chi connectivity index (χ1n) is 22.5. The SMILES string of the molecule is CC(=O)N1CCC(Nc2nc(N3CC(OC(=O)C4CCOCC4)C3)nc3c2S(=O)CC3)CC1.CC(=O)N1CCC(Nc2nc(N3CC(OC(=O)c4cscn4)C3)nc3c2S(=O)CC3)CC1. The molecule has 0 bridgehead atoms. The molecule has 10 heterocycles. The highest BCUT2D eigenvalue weighted by Gasteiger charge is 2.38. The molecule has 7 aliphatic heterocycles. The van der Waals surface area contributed by atoms with Gasteiger partial charge in [-0.2, -0.15) is 9.97 Å². The number of anilines is 4. The summed E-state index contributed by atoms with van der Waals surface area (Å²) >= 11 is 1.35. The summed E-state index contributed by atoms with van der Waals surface area (Å²) in [6.45, 7) is 9.39. The van der Waals surface area contributed by atoms with E-state index in [-0.39, 0.29) is 48.0 Å². The fraction of sp³-hybridized carbons (Fsp3) is 0.643. The van der Waals surface area contributed by atoms with Gasteiger partial charge in [0.25, 0.3) is 0 Å². The highest BCUT2D eigenvalue weighted by atomic mass is 32.2. The van der Waals surface area contributed by atoms with Crippen LogP contribution in [0.1, 0.15) is 74.2 Å². The fourth-order valence-electron chi connectivity index (χ4n) is 8.98. The van der Waals surface area contributed by atoms with Crippen LogP contribution >= 0.6 is 11.3 Å². The molecule has 7 aliphatic rings. The summed E-state index contributed by atoms with van der Waals surface area (Å²) in [6, 6.07) is 0.341. The molecule has 65 heavy (non-hydrogen) atoms. The van der Waals surface area contributed by atoms with Crippen LogP contribution in [0.25, 0.3) is 0 Å². The van der Waals surface area contributed by atoms with Crippen LogP contribution in [0.15, 0.2) is 20.7 Å². The van der Waals surface area contributed by atoms with Crippen molar-refractivity contribution < 1.29 is 41.8 Å². The predicted octanol–water partition coefficient (Wildman–Crippen LogP) is 1.79. The number of aromatic nitrogens is 5. The molecule has 3 aromatic rings. The first kappa shape index (κ1) is 45.3. The summed E-state index contributed by atoms with van der Waals surface area (Å²) in [6.07, 6.45) is 5.68. The Morgan fingerprint density at radius 2 is 1.17 bits per heavy atom. The standard InChI is InChI=1S/C22H31N5O5S.C20H24N6O4S2/c1-14(28)26-7-2-16(3-8-26)23-20-19-18(6-11-33(19)30)24-22(25-20)27-12-17(13-27)32-21(29)15-4-9-31-10-5-15;1-12(27)25-5-2-13(3-6-25)22-18-17-15(4-7-32(17)29)23-20(24-18)26-8-14(9-26)30-19(28)16-10-31-11-21-16/h15-17H,2-13H2,1H3,(H,23,24,25);10-11,13-14H,2-9H2,1H3,(H,22,23,24). The van der Waals surface area contributed by atoms with E-state index in [4.69, 9.17) is 29.2 Å². The van der Waals surface area contributed by atoms with E-state index < -0.39 is 27.6 Å². The second kappa shape index (κ2) is 19.9. The van der Waals surface area contributed by atoms with Gasteiger partial charge in [0.15, 0.2) is 5.69 Å². The van der Waals surface area contributed by atoms with E-state index in [0.717, 1.165) is 54.8 Å². The van der Waals surface area contributed by atoms with E-state index in [9.17, 15) is 27.6 Å². The Kier molecular flexibility index (Phi) is 13.9. The molecule has 5 saturated heterocycles. The maximum Gasteiger partial charge on any atom is 0.358 e. The number of hydrogen-bond acceptors (Lipinski definition) is 19. The number of nitrogens with zero attached hydrogens (tertiary/aromatic N) is 9. The van der Waals surface area contributed by atoms with Crippen LogP contribution in [0.5, 0.6) is 0 Å². The van der Waals surface area contributed by atoms with E-state index in [0.29, 0.717) is 124 Å². The summed E-state index contributed by atoms with van der Waals surface area (Å²) in [4.78, 5) is 79.5. The zero-order chi connectivity index (χ0) is 45.2. The average molecular weight is 954 g/mol. The predicted molar refractivity (Wildman–Crippen MR) is 241 cm³/mol. The van der Waals surface area contributed by atoms with Gasteiger partial charge in [-0.05, 0) is 38.5 Å². The van der Waals surface area contributed by atoms with Gasteiger partial charge in [0.1, 0.15) is 33.6 Å². The number of carbonyl (C=O) groups is 4. The van der Waals surface area contributed by atoms with Crippen molar-refractivity contribution in [1.29, 1.82) is 0 Å². The number of amides is 2. The van der Waals surface area contributed by atoms with E-state index in [1.54, 1.807) is 24.7 Å². The maximum atomic E-state index is 12.6. The lowest BCUT2D eigenvalue weighted by Crippen LogP contribution is -2.54. The minimum Gasteiger partial charge on any atom is -0.458 e. The number of ether oxygens (including phenoxy) is 3. The summed E-state index contributed by atoms with van der Waals surface area (Å²) in [5, 5.41) is 8.64. The molecule has 23 heteroatoms. The first-order valence-corrected chi connectivity index (χ1v) is 26.0. The topological polar surface area (TPSA) is 232 Å². The van der Waals surface area contributed by atoms with Crippen molar-refractivity contribution in [2.24, 2.45) is 5.92 Å². The molecule has 0 radical (unpaired) electrons. The zero-order valence-corrected chi connectivity index (χ0v) is 39.1. The number of esters is 2. The van der Waals surface area contributed by atoms with Crippen LogP contribution in [-0.4, -0.2) is 168 Å². The lowest BCUT2D eigenvalue weighted by Gasteiger charge is -2.39. The van der Waals surface area contributed by atoms with Crippen LogP contribution < -0.4 is 20.4 Å². The van der Waals surface area contributed by atoms with E-state index in [1.807, 2.05) is 19.6 Å². The number of thiazole rings is 1. The first-order chi connectivity index (χ1) is 31.4. The quantitative estimate of drug-likeness (QED) is 0.276. The van der Waals surface area contributed by atoms with Crippen molar-refractivity contribution in [2.75, 3.05) is 97.5 Å². The van der Waals surface area contributed by atoms with Crippen LogP contribution in [0.2, 0.25) is 0 Å². The zero-order valence-electron chi connectivity index (χ0n) is 36.6. The Morgan fingerprint density at radius 3 is 1.62 bits per heavy atom. The third-order valence-corrected chi connectivity index (χ3v) is 16.4. The third kappa shape index (κ3) is 10.4. The van der Waals surface area contributed by atoms with Crippen LogP contribution in [-0.2, 0) is 63.0 Å². The summed E-state index contributed by atoms with van der Waals surface area (Å²) in [5.74, 6) is 3.14. The number of hydrogen-bond donors (Lipinski definition) is 2. The smallest absolute Gasteiger partial charge is 0.358 e. The molecular weight excluding hydrogens is 899 g/mol. The van der Waals surface area contributed by atoms with Gasteiger partial charge >= 0.3 is 11.9 Å². The Hall–Kier alpha value is -4.87. The van der Waals surface area contributed by atoms with Crippen molar-refractivity contribution in [1.82, 2.24) is 34.7 Å². The molecule has 2 N–H and O–H groups in total. The fourth-order valence-corrected chi connectivity index (χ4v) is 12.1. The van der Waals surface area contributed by atoms with Gasteiger partial charge in [-0.15, -0.1) is 11.3 Å². The molecule has 0 saturated carbocycles. The van der Waals surface area contributed by atoms with Gasteiger partial charge in [-0.1, -0.05) is 0 Å².